The average molecular weight is 425 g/mol. The van der Waals surface area contributed by atoms with E-state index >= 15 is 0 Å². The van der Waals surface area contributed by atoms with Crippen LogP contribution in [0.25, 0.3) is 11.4 Å². The van der Waals surface area contributed by atoms with Gasteiger partial charge in [0.25, 0.3) is 0 Å². The van der Waals surface area contributed by atoms with Crippen molar-refractivity contribution in [2.45, 2.75) is 58.5 Å². The number of hydrogen-bond acceptors (Lipinski definition) is 4. The van der Waals surface area contributed by atoms with Gasteiger partial charge >= 0.3 is 0 Å². The molecule has 3 heterocycles. The first-order valence-corrected chi connectivity index (χ1v) is 12.1. The molecule has 32 heavy (non-hydrogen) atoms. The standard InChI is InChI=1S/C28H32N4/c1-5-19-21-13-9-10-14-23(21)32-26-24(31(4)27(32)28(6-2)16-15-22(19)28)17-29-25(30-26)20-12-8-7-11-18(20)3/h7-14,17,19,22,27H,5-6,15-16H2,1-4H3. The smallest absolute Gasteiger partial charge is 0.162 e. The van der Waals surface area contributed by atoms with Crippen molar-refractivity contribution in [2.24, 2.45) is 11.3 Å². The van der Waals surface area contributed by atoms with Crippen molar-refractivity contribution in [3.05, 3.63) is 65.9 Å². The largest absolute Gasteiger partial charge is 0.349 e. The summed E-state index contributed by atoms with van der Waals surface area (Å²) in [6.45, 7) is 6.90. The Balaban J connectivity index is 1.60. The molecule has 164 valence electrons. The number of benzene rings is 2. The first-order chi connectivity index (χ1) is 15.6. The van der Waals surface area contributed by atoms with E-state index in [2.05, 4.69) is 92.3 Å². The van der Waals surface area contributed by atoms with Crippen LogP contribution in [0, 0.1) is 18.3 Å². The molecule has 0 bridgehead atoms. The average Bonchev–Trinajstić information content (AvgIpc) is 3.06. The monoisotopic (exact) mass is 424 g/mol. The summed E-state index contributed by atoms with van der Waals surface area (Å²) in [6, 6.07) is 17.5. The van der Waals surface area contributed by atoms with Gasteiger partial charge in [-0.05, 0) is 61.6 Å². The van der Waals surface area contributed by atoms with Gasteiger partial charge in [0.05, 0.1) is 6.20 Å². The summed E-state index contributed by atoms with van der Waals surface area (Å²) in [7, 11) is 2.25. The maximum atomic E-state index is 5.23. The zero-order chi connectivity index (χ0) is 22.0. The van der Waals surface area contributed by atoms with E-state index in [4.69, 9.17) is 9.97 Å². The molecule has 4 unspecified atom stereocenters. The van der Waals surface area contributed by atoms with E-state index in [1.165, 1.54) is 42.5 Å². The maximum absolute atomic E-state index is 5.23. The molecule has 2 aliphatic heterocycles. The Bertz CT molecular complexity index is 1180. The van der Waals surface area contributed by atoms with Crippen molar-refractivity contribution in [1.82, 2.24) is 9.97 Å². The molecule has 0 saturated heterocycles. The number of nitrogens with zero attached hydrogens (tertiary/aromatic N) is 4. The molecule has 3 aromatic rings. The lowest BCUT2D eigenvalue weighted by atomic mass is 9.52. The lowest BCUT2D eigenvalue weighted by Gasteiger charge is -2.57. The van der Waals surface area contributed by atoms with E-state index in [-0.39, 0.29) is 5.41 Å². The first kappa shape index (κ1) is 19.8. The van der Waals surface area contributed by atoms with E-state index < -0.39 is 0 Å². The SMILES string of the molecule is CCC1c2ccccc2N2c3nc(-c4ccccc4C)ncc3N(C)C2C2(CC)CCC12. The molecule has 2 aromatic carbocycles. The fourth-order valence-corrected chi connectivity index (χ4v) is 7.02. The predicted molar refractivity (Wildman–Crippen MR) is 131 cm³/mol. The number of anilines is 3. The van der Waals surface area contributed by atoms with Gasteiger partial charge in [-0.15, -0.1) is 0 Å². The molecule has 0 amide bonds. The van der Waals surface area contributed by atoms with E-state index in [0.29, 0.717) is 18.0 Å². The summed E-state index contributed by atoms with van der Waals surface area (Å²) >= 11 is 0. The van der Waals surface area contributed by atoms with Crippen molar-refractivity contribution in [3.8, 4) is 11.4 Å². The van der Waals surface area contributed by atoms with Crippen LogP contribution in [0.2, 0.25) is 0 Å². The molecule has 3 aliphatic rings. The molecule has 0 spiro atoms. The lowest BCUT2D eigenvalue weighted by Crippen LogP contribution is -2.59. The van der Waals surface area contributed by atoms with Crippen molar-refractivity contribution in [3.63, 3.8) is 0 Å². The van der Waals surface area contributed by atoms with Crippen molar-refractivity contribution < 1.29 is 0 Å². The highest BCUT2D eigenvalue weighted by molar-refractivity contribution is 5.84. The first-order valence-electron chi connectivity index (χ1n) is 12.1. The van der Waals surface area contributed by atoms with Crippen LogP contribution in [-0.4, -0.2) is 23.2 Å². The number of aryl methyl sites for hydroxylation is 1. The second kappa shape index (κ2) is 7.06. The zero-order valence-electron chi connectivity index (χ0n) is 19.5. The third-order valence-electron chi connectivity index (χ3n) is 8.71. The van der Waals surface area contributed by atoms with E-state index in [1.807, 2.05) is 0 Å². The van der Waals surface area contributed by atoms with E-state index in [0.717, 1.165) is 22.9 Å². The summed E-state index contributed by atoms with van der Waals surface area (Å²) in [6.07, 6.45) is 7.35. The van der Waals surface area contributed by atoms with Crippen LogP contribution in [0.15, 0.2) is 54.7 Å². The van der Waals surface area contributed by atoms with E-state index in [9.17, 15) is 0 Å². The third-order valence-corrected chi connectivity index (χ3v) is 8.71. The van der Waals surface area contributed by atoms with Crippen LogP contribution in [0.3, 0.4) is 0 Å². The second-order valence-electron chi connectivity index (χ2n) is 9.88. The summed E-state index contributed by atoms with van der Waals surface area (Å²) in [5.74, 6) is 3.21. The van der Waals surface area contributed by atoms with Crippen LogP contribution in [0.5, 0.6) is 0 Å². The Morgan fingerprint density at radius 2 is 1.81 bits per heavy atom. The molecular formula is C28H32N4. The van der Waals surface area contributed by atoms with Crippen molar-refractivity contribution in [2.75, 3.05) is 16.8 Å². The highest BCUT2D eigenvalue weighted by atomic mass is 15.5. The van der Waals surface area contributed by atoms with Gasteiger partial charge in [-0.1, -0.05) is 56.3 Å². The van der Waals surface area contributed by atoms with Crippen LogP contribution >= 0.6 is 0 Å². The minimum Gasteiger partial charge on any atom is -0.349 e. The summed E-state index contributed by atoms with van der Waals surface area (Å²) in [4.78, 5) is 15.1. The lowest BCUT2D eigenvalue weighted by molar-refractivity contribution is -0.0149. The second-order valence-corrected chi connectivity index (χ2v) is 9.88. The molecule has 6 rings (SSSR count). The van der Waals surface area contributed by atoms with Gasteiger partial charge in [0.2, 0.25) is 0 Å². The van der Waals surface area contributed by atoms with Crippen molar-refractivity contribution in [1.29, 1.82) is 0 Å². The topological polar surface area (TPSA) is 32.3 Å². The molecule has 1 aliphatic carbocycles. The Hall–Kier alpha value is -2.88. The molecule has 0 N–H and O–H groups in total. The van der Waals surface area contributed by atoms with Gasteiger partial charge in [-0.25, -0.2) is 9.97 Å². The summed E-state index contributed by atoms with van der Waals surface area (Å²) in [5.41, 5.74) is 6.58. The number of para-hydroxylation sites is 1. The van der Waals surface area contributed by atoms with Gasteiger partial charge in [-0.2, -0.15) is 0 Å². The summed E-state index contributed by atoms with van der Waals surface area (Å²) < 4.78 is 0. The number of fused-ring (bicyclic) bond motifs is 7. The molecule has 4 atom stereocenters. The van der Waals surface area contributed by atoms with Crippen LogP contribution in [0.4, 0.5) is 17.2 Å². The Labute approximate surface area is 191 Å². The quantitative estimate of drug-likeness (QED) is 0.469. The fourth-order valence-electron chi connectivity index (χ4n) is 7.02. The van der Waals surface area contributed by atoms with Crippen LogP contribution in [-0.2, 0) is 0 Å². The Morgan fingerprint density at radius 1 is 1.03 bits per heavy atom. The summed E-state index contributed by atoms with van der Waals surface area (Å²) in [5, 5.41) is 0. The molecule has 1 saturated carbocycles. The van der Waals surface area contributed by atoms with Crippen molar-refractivity contribution >= 4 is 17.2 Å². The molecular weight excluding hydrogens is 392 g/mol. The van der Waals surface area contributed by atoms with Crippen LogP contribution in [0.1, 0.15) is 56.6 Å². The maximum Gasteiger partial charge on any atom is 0.162 e. The molecule has 4 nitrogen and oxygen atoms in total. The van der Waals surface area contributed by atoms with E-state index in [1.54, 1.807) is 0 Å². The minimum atomic E-state index is 0.276. The number of aromatic nitrogens is 2. The fraction of sp³-hybridized carbons (Fsp3) is 0.429. The third kappa shape index (κ3) is 2.44. The normalized spacial score (nSPS) is 27.7. The predicted octanol–water partition coefficient (Wildman–Crippen LogP) is 6.68. The molecule has 0 radical (unpaired) electrons. The van der Waals surface area contributed by atoms with Gasteiger partial charge in [-0.3, -0.25) is 0 Å². The Morgan fingerprint density at radius 3 is 2.53 bits per heavy atom. The number of hydrogen-bond donors (Lipinski definition) is 0. The minimum absolute atomic E-state index is 0.276. The molecule has 1 fully saturated rings. The Kier molecular flexibility index (Phi) is 4.36. The highest BCUT2D eigenvalue weighted by Gasteiger charge is 2.61. The van der Waals surface area contributed by atoms with Gasteiger partial charge in [0.15, 0.2) is 11.6 Å². The van der Waals surface area contributed by atoms with Gasteiger partial charge in [0, 0.05) is 23.7 Å². The number of rotatable bonds is 3. The van der Waals surface area contributed by atoms with Gasteiger partial charge in [0.1, 0.15) is 11.9 Å². The molecule has 4 heteroatoms. The zero-order valence-corrected chi connectivity index (χ0v) is 19.5. The molecule has 1 aromatic heterocycles. The highest BCUT2D eigenvalue weighted by Crippen LogP contribution is 2.66. The van der Waals surface area contributed by atoms with Gasteiger partial charge < -0.3 is 9.80 Å². The van der Waals surface area contributed by atoms with Crippen LogP contribution < -0.4 is 9.80 Å².